The SMILES string of the molecule is CCCCCCCCC(CCCCCCc1ccc(F)cc1F)C(OC)(OC)OC. The van der Waals surface area contributed by atoms with Gasteiger partial charge in [0.15, 0.2) is 0 Å². The van der Waals surface area contributed by atoms with E-state index >= 15 is 0 Å². The maximum Gasteiger partial charge on any atom is 0.285 e. The molecule has 0 saturated heterocycles. The van der Waals surface area contributed by atoms with Gasteiger partial charge in [-0.15, -0.1) is 0 Å². The Morgan fingerprint density at radius 2 is 1.30 bits per heavy atom. The maximum atomic E-state index is 13.7. The molecular weight excluding hydrogens is 386 g/mol. The number of halogens is 2. The smallest absolute Gasteiger partial charge is 0.285 e. The zero-order chi connectivity index (χ0) is 22.2. The summed E-state index contributed by atoms with van der Waals surface area (Å²) in [6.07, 6.45) is 14.2. The minimum atomic E-state index is -0.985. The van der Waals surface area contributed by atoms with Crippen molar-refractivity contribution in [3.8, 4) is 0 Å². The van der Waals surface area contributed by atoms with Gasteiger partial charge < -0.3 is 14.2 Å². The van der Waals surface area contributed by atoms with Gasteiger partial charge in [0, 0.05) is 33.3 Å². The molecule has 0 spiro atoms. The Morgan fingerprint density at radius 3 is 1.83 bits per heavy atom. The van der Waals surface area contributed by atoms with E-state index in [0.29, 0.717) is 12.0 Å². The molecule has 1 rings (SSSR count). The Hall–Kier alpha value is -1.04. The van der Waals surface area contributed by atoms with Crippen LogP contribution in [0.2, 0.25) is 0 Å². The van der Waals surface area contributed by atoms with Gasteiger partial charge in [0.05, 0.1) is 0 Å². The predicted octanol–water partition coefficient (Wildman–Crippen LogP) is 7.42. The van der Waals surface area contributed by atoms with E-state index in [9.17, 15) is 8.78 Å². The van der Waals surface area contributed by atoms with Gasteiger partial charge in [-0.05, 0) is 37.3 Å². The molecule has 174 valence electrons. The highest BCUT2D eigenvalue weighted by Gasteiger charge is 2.39. The lowest BCUT2D eigenvalue weighted by molar-refractivity contribution is -0.380. The fraction of sp³-hybridized carbons (Fsp3) is 0.760. The number of rotatable bonds is 18. The van der Waals surface area contributed by atoms with Crippen LogP contribution < -0.4 is 0 Å². The fourth-order valence-electron chi connectivity index (χ4n) is 4.20. The van der Waals surface area contributed by atoms with Crippen LogP contribution in [0.15, 0.2) is 18.2 Å². The second-order valence-electron chi connectivity index (χ2n) is 8.16. The standard InChI is InChI=1S/C25H42F2O3/c1-5-6-7-8-9-13-16-22(25(28-2,29-3)30-4)17-14-11-10-12-15-21-18-19-23(26)20-24(21)27/h18-20,22H,5-17H2,1-4H3. The molecule has 0 fully saturated rings. The van der Waals surface area contributed by atoms with E-state index in [4.69, 9.17) is 14.2 Å². The minimum Gasteiger partial charge on any atom is -0.331 e. The van der Waals surface area contributed by atoms with Gasteiger partial charge in [0.1, 0.15) is 11.6 Å². The molecule has 0 amide bonds. The number of benzene rings is 1. The third kappa shape index (κ3) is 9.40. The van der Waals surface area contributed by atoms with Crippen LogP contribution in [0.4, 0.5) is 8.78 Å². The molecule has 1 aromatic carbocycles. The highest BCUT2D eigenvalue weighted by molar-refractivity contribution is 5.18. The molecule has 0 N–H and O–H groups in total. The zero-order valence-electron chi connectivity index (χ0n) is 19.5. The summed E-state index contributed by atoms with van der Waals surface area (Å²) in [5, 5.41) is 0. The van der Waals surface area contributed by atoms with E-state index < -0.39 is 17.6 Å². The van der Waals surface area contributed by atoms with Crippen LogP contribution in [0, 0.1) is 17.6 Å². The molecule has 1 unspecified atom stereocenters. The van der Waals surface area contributed by atoms with Gasteiger partial charge in [-0.3, -0.25) is 0 Å². The molecule has 0 aliphatic carbocycles. The maximum absolute atomic E-state index is 13.7. The first-order valence-electron chi connectivity index (χ1n) is 11.6. The highest BCUT2D eigenvalue weighted by Crippen LogP contribution is 2.33. The Balaban J connectivity index is 2.40. The average Bonchev–Trinajstić information content (AvgIpc) is 2.75. The molecule has 0 aliphatic heterocycles. The van der Waals surface area contributed by atoms with Crippen molar-refractivity contribution in [2.45, 2.75) is 96.4 Å². The van der Waals surface area contributed by atoms with E-state index in [0.717, 1.165) is 51.0 Å². The predicted molar refractivity (Wildman–Crippen MR) is 118 cm³/mol. The number of hydrogen-bond donors (Lipinski definition) is 0. The number of hydrogen-bond acceptors (Lipinski definition) is 3. The number of ether oxygens (including phenoxy) is 3. The fourth-order valence-corrected chi connectivity index (χ4v) is 4.20. The van der Waals surface area contributed by atoms with Crippen LogP contribution >= 0.6 is 0 Å². The second kappa shape index (κ2) is 15.7. The van der Waals surface area contributed by atoms with E-state index in [2.05, 4.69) is 6.92 Å². The summed E-state index contributed by atoms with van der Waals surface area (Å²) in [5.41, 5.74) is 0.592. The number of methoxy groups -OCH3 is 3. The molecule has 3 nitrogen and oxygen atoms in total. The Kier molecular flexibility index (Phi) is 14.1. The first kappa shape index (κ1) is 27.0. The van der Waals surface area contributed by atoms with Crippen LogP contribution in [-0.2, 0) is 20.6 Å². The van der Waals surface area contributed by atoms with Gasteiger partial charge in [-0.1, -0.05) is 70.8 Å². The highest BCUT2D eigenvalue weighted by atomic mass is 19.1. The van der Waals surface area contributed by atoms with Crippen LogP contribution in [0.5, 0.6) is 0 Å². The molecular formula is C25H42F2O3. The molecule has 0 aliphatic rings. The van der Waals surface area contributed by atoms with Gasteiger partial charge >= 0.3 is 0 Å². The van der Waals surface area contributed by atoms with Crippen LogP contribution in [-0.4, -0.2) is 27.3 Å². The third-order valence-electron chi connectivity index (χ3n) is 6.02. The molecule has 1 atom stereocenters. The number of aryl methyl sites for hydroxylation is 1. The van der Waals surface area contributed by atoms with Crippen molar-refractivity contribution in [1.82, 2.24) is 0 Å². The lowest BCUT2D eigenvalue weighted by Gasteiger charge is -2.36. The Bertz CT molecular complexity index is 553. The van der Waals surface area contributed by atoms with Crippen molar-refractivity contribution < 1.29 is 23.0 Å². The van der Waals surface area contributed by atoms with Gasteiger partial charge in [-0.25, -0.2) is 8.78 Å². The first-order valence-corrected chi connectivity index (χ1v) is 11.6. The van der Waals surface area contributed by atoms with Gasteiger partial charge in [0.25, 0.3) is 5.97 Å². The van der Waals surface area contributed by atoms with E-state index in [1.165, 1.54) is 38.2 Å². The summed E-state index contributed by atoms with van der Waals surface area (Å²) in [7, 11) is 4.91. The Labute approximate surface area is 182 Å². The quantitative estimate of drug-likeness (QED) is 0.180. The average molecular weight is 429 g/mol. The largest absolute Gasteiger partial charge is 0.331 e. The summed E-state index contributed by atoms with van der Waals surface area (Å²) in [5.74, 6) is -1.77. The van der Waals surface area contributed by atoms with Crippen molar-refractivity contribution in [3.63, 3.8) is 0 Å². The van der Waals surface area contributed by atoms with Crippen LogP contribution in [0.1, 0.15) is 89.5 Å². The monoisotopic (exact) mass is 428 g/mol. The minimum absolute atomic E-state index is 0.179. The summed E-state index contributed by atoms with van der Waals surface area (Å²) >= 11 is 0. The molecule has 0 aromatic heterocycles. The molecule has 0 heterocycles. The Morgan fingerprint density at radius 1 is 0.767 bits per heavy atom. The molecule has 0 bridgehead atoms. The number of unbranched alkanes of at least 4 members (excludes halogenated alkanes) is 8. The molecule has 30 heavy (non-hydrogen) atoms. The van der Waals surface area contributed by atoms with Crippen molar-refractivity contribution in [2.24, 2.45) is 5.92 Å². The summed E-state index contributed by atoms with van der Waals surface area (Å²) in [6.45, 7) is 2.23. The summed E-state index contributed by atoms with van der Waals surface area (Å²) in [4.78, 5) is 0. The van der Waals surface area contributed by atoms with Crippen molar-refractivity contribution >= 4 is 0 Å². The van der Waals surface area contributed by atoms with Gasteiger partial charge in [0.2, 0.25) is 0 Å². The lowest BCUT2D eigenvalue weighted by atomic mass is 9.91. The normalized spacial score (nSPS) is 13.0. The van der Waals surface area contributed by atoms with Gasteiger partial charge in [-0.2, -0.15) is 0 Å². The zero-order valence-corrected chi connectivity index (χ0v) is 19.5. The molecule has 5 heteroatoms. The topological polar surface area (TPSA) is 27.7 Å². The van der Waals surface area contributed by atoms with Crippen molar-refractivity contribution in [3.05, 3.63) is 35.4 Å². The molecule has 0 radical (unpaired) electrons. The van der Waals surface area contributed by atoms with E-state index in [-0.39, 0.29) is 5.92 Å². The van der Waals surface area contributed by atoms with Crippen molar-refractivity contribution in [2.75, 3.05) is 21.3 Å². The van der Waals surface area contributed by atoms with Crippen molar-refractivity contribution in [1.29, 1.82) is 0 Å². The van der Waals surface area contributed by atoms with E-state index in [1.807, 2.05) is 0 Å². The van der Waals surface area contributed by atoms with E-state index in [1.54, 1.807) is 27.4 Å². The second-order valence-corrected chi connectivity index (χ2v) is 8.16. The summed E-state index contributed by atoms with van der Waals surface area (Å²) in [6, 6.07) is 3.83. The molecule has 1 aromatic rings. The first-order chi connectivity index (χ1) is 14.5. The summed E-state index contributed by atoms with van der Waals surface area (Å²) < 4.78 is 43.6. The van der Waals surface area contributed by atoms with Crippen LogP contribution in [0.25, 0.3) is 0 Å². The third-order valence-corrected chi connectivity index (χ3v) is 6.02. The van der Waals surface area contributed by atoms with Crippen LogP contribution in [0.3, 0.4) is 0 Å². The molecule has 0 saturated carbocycles. The lowest BCUT2D eigenvalue weighted by Crippen LogP contribution is -2.44.